The maximum atomic E-state index is 12.4. The number of carbonyl (C=O) groups is 5. The predicted molar refractivity (Wildman–Crippen MR) is 301 cm³/mol. The van der Waals surface area contributed by atoms with Crippen molar-refractivity contribution in [3.05, 3.63) is 169 Å². The summed E-state index contributed by atoms with van der Waals surface area (Å²) in [5, 5.41) is 22.8. The minimum absolute atomic E-state index is 0.0317. The molecular weight excluding hydrogens is 1150 g/mol. The quantitative estimate of drug-likeness (QED) is 0.00554. The summed E-state index contributed by atoms with van der Waals surface area (Å²) in [5.41, 5.74) is 0.0754. The molecule has 0 aliphatic heterocycles. The van der Waals surface area contributed by atoms with Gasteiger partial charge >= 0.3 is 53.6 Å². The first-order valence-electron chi connectivity index (χ1n) is 27.2. The monoisotopic (exact) mass is 1210 g/mol. The highest BCUT2D eigenvalue weighted by atomic mass is 19.4. The lowest BCUT2D eigenvalue weighted by atomic mass is 10.1. The van der Waals surface area contributed by atoms with Gasteiger partial charge in [0, 0.05) is 37.1 Å². The smallest absolute Gasteiger partial charge is 0.389 e. The summed E-state index contributed by atoms with van der Waals surface area (Å²) in [7, 11) is 0. The Kier molecular flexibility index (Phi) is 29.3. The van der Waals surface area contributed by atoms with Crippen molar-refractivity contribution in [2.75, 3.05) is 39.6 Å². The number of nitrogens with zero attached hydrogens (tertiary/aromatic N) is 2. The van der Waals surface area contributed by atoms with Gasteiger partial charge in [0.15, 0.2) is 0 Å². The Morgan fingerprint density at radius 1 is 0.442 bits per heavy atom. The zero-order chi connectivity index (χ0) is 62.9. The van der Waals surface area contributed by atoms with Crippen LogP contribution in [0.2, 0.25) is 0 Å². The van der Waals surface area contributed by atoms with Crippen molar-refractivity contribution in [2.24, 2.45) is 0 Å². The van der Waals surface area contributed by atoms with Crippen LogP contribution in [0.3, 0.4) is 0 Å². The molecule has 5 aromatic rings. The molecule has 0 N–H and O–H groups in total. The molecule has 0 atom stereocenters. The van der Waals surface area contributed by atoms with Crippen LogP contribution in [0.25, 0.3) is 12.2 Å². The van der Waals surface area contributed by atoms with E-state index in [4.69, 9.17) is 37.9 Å². The van der Waals surface area contributed by atoms with Crippen molar-refractivity contribution in [3.8, 4) is 28.7 Å². The first-order chi connectivity index (χ1) is 41.0. The summed E-state index contributed by atoms with van der Waals surface area (Å²) in [6.07, 6.45) is 1.45. The molecule has 0 saturated carbocycles. The second-order valence-electron chi connectivity index (χ2n) is 18.5. The summed E-state index contributed by atoms with van der Waals surface area (Å²) in [4.78, 5) is 81.9. The van der Waals surface area contributed by atoms with E-state index >= 15 is 0 Å². The van der Waals surface area contributed by atoms with E-state index in [0.29, 0.717) is 55.1 Å². The highest BCUT2D eigenvalue weighted by molar-refractivity contribution is 5.93. The first-order valence-corrected chi connectivity index (χ1v) is 27.2. The third-order valence-electron chi connectivity index (χ3n) is 11.7. The van der Waals surface area contributed by atoms with Crippen molar-refractivity contribution in [2.45, 2.75) is 103 Å². The van der Waals surface area contributed by atoms with E-state index < -0.39 is 82.0 Å². The third kappa shape index (κ3) is 27.4. The number of benzene rings is 5. The number of esters is 5. The van der Waals surface area contributed by atoms with Gasteiger partial charge in [0.2, 0.25) is 0 Å². The Morgan fingerprint density at radius 3 is 1.17 bits per heavy atom. The number of carbonyl (C=O) groups excluding carboxylic acids is 5. The number of rotatable bonds is 33. The molecule has 25 heteroatoms. The standard InChI is InChI=1S/C35H35F3N2O12.C26H29F3O5/c1-2-48-32-29(39(44)45)22-26(23-30(32)40(46)47)33(42)51-20-6-4-3-5-19-50-31(41)17-10-24-8-13-28(14-9-24)52-34(43)25-11-15-27(16-12-25)49-21-7-18-35(36,37)38;1-2-3-4-5-18-33-24(30)16-9-20-7-12-23(13-8-20)34-25(31)21-10-14-22(15-11-21)32-19-6-17-26(27,28)29/h8-17,22-23H,2-7,18-21H2,1H3;7-16H,2-6,17-19H2,1H3/b17-10+;16-9+. The fourth-order valence-electron chi connectivity index (χ4n) is 7.31. The molecule has 0 amide bonds. The van der Waals surface area contributed by atoms with Gasteiger partial charge in [0.25, 0.3) is 5.75 Å². The fourth-order valence-corrected chi connectivity index (χ4v) is 7.31. The molecule has 462 valence electrons. The van der Waals surface area contributed by atoms with Crippen LogP contribution < -0.4 is 23.7 Å². The summed E-state index contributed by atoms with van der Waals surface area (Å²) in [6, 6.07) is 26.4. The van der Waals surface area contributed by atoms with Crippen LogP contribution in [-0.4, -0.2) is 91.7 Å². The van der Waals surface area contributed by atoms with Gasteiger partial charge in [-0.1, -0.05) is 50.5 Å². The molecule has 0 spiro atoms. The molecule has 0 saturated heterocycles. The van der Waals surface area contributed by atoms with Crippen molar-refractivity contribution >= 4 is 53.4 Å². The third-order valence-corrected chi connectivity index (χ3v) is 11.7. The molecule has 5 aromatic carbocycles. The van der Waals surface area contributed by atoms with Crippen LogP contribution in [-0.2, 0) is 23.8 Å². The molecule has 86 heavy (non-hydrogen) atoms. The van der Waals surface area contributed by atoms with E-state index in [0.717, 1.165) is 43.4 Å². The molecular formula is C61H64F6N2O17. The number of hydrogen-bond donors (Lipinski definition) is 0. The lowest BCUT2D eigenvalue weighted by Gasteiger charge is -2.09. The van der Waals surface area contributed by atoms with E-state index in [1.807, 2.05) is 0 Å². The average molecular weight is 1210 g/mol. The summed E-state index contributed by atoms with van der Waals surface area (Å²) in [6.45, 7) is 3.91. The summed E-state index contributed by atoms with van der Waals surface area (Å²) >= 11 is 0. The molecule has 0 aromatic heterocycles. The number of nitro benzene ring substituents is 2. The lowest BCUT2D eigenvalue weighted by Crippen LogP contribution is -2.10. The SMILES string of the molecule is CCCCCCOC(=O)/C=C/c1ccc(OC(=O)c2ccc(OCCCC(F)(F)F)cc2)cc1.CCOc1c([N+](=O)[O-])cc(C(=O)OCCCCCCOC(=O)/C=C/c2ccc(OC(=O)c3ccc(OCCCC(F)(F)F)cc3)cc2)cc1[N+](=O)[O-]. The number of ether oxygens (including phenoxy) is 8. The van der Waals surface area contributed by atoms with Crippen LogP contribution in [0.4, 0.5) is 37.7 Å². The maximum Gasteiger partial charge on any atom is 0.389 e. The number of hydrogen-bond acceptors (Lipinski definition) is 17. The van der Waals surface area contributed by atoms with Crippen LogP contribution in [0.15, 0.2) is 121 Å². The number of nitro groups is 2. The molecule has 0 aliphatic rings. The number of halogens is 6. The molecule has 0 fully saturated rings. The zero-order valence-corrected chi connectivity index (χ0v) is 47.0. The van der Waals surface area contributed by atoms with Crippen molar-refractivity contribution < 1.29 is 98.1 Å². The van der Waals surface area contributed by atoms with Crippen LogP contribution in [0, 0.1) is 20.2 Å². The highest BCUT2D eigenvalue weighted by Gasteiger charge is 2.31. The summed E-state index contributed by atoms with van der Waals surface area (Å²) < 4.78 is 115. The van der Waals surface area contributed by atoms with Gasteiger partial charge in [-0.25, -0.2) is 24.0 Å². The molecule has 0 bridgehead atoms. The molecule has 19 nitrogen and oxygen atoms in total. The maximum absolute atomic E-state index is 12.4. The van der Waals surface area contributed by atoms with E-state index in [1.165, 1.54) is 85.8 Å². The van der Waals surface area contributed by atoms with Crippen molar-refractivity contribution in [3.63, 3.8) is 0 Å². The second-order valence-corrected chi connectivity index (χ2v) is 18.5. The number of unbranched alkanes of at least 4 members (excludes halogenated alkanes) is 6. The van der Waals surface area contributed by atoms with Gasteiger partial charge in [0.05, 0.1) is 66.2 Å². The minimum atomic E-state index is -4.24. The largest absolute Gasteiger partial charge is 0.494 e. The Morgan fingerprint density at radius 2 is 0.814 bits per heavy atom. The van der Waals surface area contributed by atoms with Gasteiger partial charge in [-0.3, -0.25) is 20.2 Å². The van der Waals surface area contributed by atoms with Gasteiger partial charge < -0.3 is 37.9 Å². The Balaban J connectivity index is 0.000000403. The lowest BCUT2D eigenvalue weighted by molar-refractivity contribution is -0.396. The highest BCUT2D eigenvalue weighted by Crippen LogP contribution is 2.38. The van der Waals surface area contributed by atoms with E-state index in [1.54, 1.807) is 42.5 Å². The molecule has 0 aliphatic carbocycles. The Bertz CT molecular complexity index is 3000. The zero-order valence-electron chi connectivity index (χ0n) is 47.0. The van der Waals surface area contributed by atoms with Crippen molar-refractivity contribution in [1.82, 2.24) is 0 Å². The predicted octanol–water partition coefficient (Wildman–Crippen LogP) is 14.6. The van der Waals surface area contributed by atoms with Crippen LogP contribution in [0.5, 0.6) is 28.7 Å². The fraction of sp³-hybridized carbons (Fsp3) is 0.361. The van der Waals surface area contributed by atoms with E-state index in [-0.39, 0.29) is 68.3 Å². The van der Waals surface area contributed by atoms with Crippen LogP contribution in [0.1, 0.15) is 133 Å². The molecule has 0 heterocycles. The normalized spacial score (nSPS) is 11.3. The Hall–Kier alpha value is -9.29. The van der Waals surface area contributed by atoms with Gasteiger partial charge in [-0.2, -0.15) is 26.3 Å². The van der Waals surface area contributed by atoms with Gasteiger partial charge in [-0.05, 0) is 148 Å². The second kappa shape index (κ2) is 36.4. The Labute approximate surface area is 491 Å². The molecule has 0 radical (unpaired) electrons. The minimum Gasteiger partial charge on any atom is -0.494 e. The van der Waals surface area contributed by atoms with Gasteiger partial charge in [0.1, 0.15) is 23.0 Å². The first kappa shape index (κ1) is 69.2. The average Bonchev–Trinajstić information content (AvgIpc) is 1.74. The van der Waals surface area contributed by atoms with Crippen molar-refractivity contribution in [1.29, 1.82) is 0 Å². The molecule has 5 rings (SSSR count). The topological polar surface area (TPSA) is 245 Å². The van der Waals surface area contributed by atoms with Gasteiger partial charge in [-0.15, -0.1) is 0 Å². The summed E-state index contributed by atoms with van der Waals surface area (Å²) in [5.74, 6) is -2.44. The van der Waals surface area contributed by atoms with E-state index in [9.17, 15) is 70.5 Å². The van der Waals surface area contributed by atoms with Crippen LogP contribution >= 0.6 is 0 Å². The van der Waals surface area contributed by atoms with E-state index in [2.05, 4.69) is 6.92 Å². The number of alkyl halides is 6. The molecule has 0 unspecified atom stereocenters.